The quantitative estimate of drug-likeness (QED) is 0.811. The van der Waals surface area contributed by atoms with Gasteiger partial charge in [0.05, 0.1) is 0 Å². The van der Waals surface area contributed by atoms with Gasteiger partial charge in [-0.3, -0.25) is 4.79 Å². The maximum Gasteiger partial charge on any atom is 0.253 e. The predicted octanol–water partition coefficient (Wildman–Crippen LogP) is 4.18. The van der Waals surface area contributed by atoms with Crippen LogP contribution in [0.25, 0.3) is 0 Å². The first kappa shape index (κ1) is 15.0. The summed E-state index contributed by atoms with van der Waals surface area (Å²) in [6.45, 7) is 5.58. The Morgan fingerprint density at radius 3 is 2.85 bits per heavy atom. The Hall–Kier alpha value is -1.38. The van der Waals surface area contributed by atoms with Crippen LogP contribution >= 0.6 is 0 Å². The van der Waals surface area contributed by atoms with Crippen molar-refractivity contribution in [1.82, 2.24) is 4.90 Å². The third-order valence-electron chi connectivity index (χ3n) is 4.24. The molecule has 110 valence electrons. The molecule has 2 rings (SSSR count). The van der Waals surface area contributed by atoms with E-state index in [9.17, 15) is 9.18 Å². The Bertz CT molecular complexity index is 472. The Balaban J connectivity index is 2.03. The molecule has 1 heterocycles. The number of carbonyl (C=O) groups is 1. The van der Waals surface area contributed by atoms with Gasteiger partial charge in [-0.1, -0.05) is 19.8 Å². The topological polar surface area (TPSA) is 20.3 Å². The highest BCUT2D eigenvalue weighted by Crippen LogP contribution is 2.23. The van der Waals surface area contributed by atoms with E-state index in [0.717, 1.165) is 31.8 Å². The zero-order chi connectivity index (χ0) is 14.5. The lowest BCUT2D eigenvalue weighted by Gasteiger charge is -2.21. The zero-order valence-electron chi connectivity index (χ0n) is 12.5. The molecular formula is C17H24FNO. The van der Waals surface area contributed by atoms with Crippen molar-refractivity contribution < 1.29 is 9.18 Å². The van der Waals surface area contributed by atoms with Crippen LogP contribution < -0.4 is 0 Å². The number of hydrogen-bond acceptors (Lipinski definition) is 1. The summed E-state index contributed by atoms with van der Waals surface area (Å²) in [4.78, 5) is 14.4. The average molecular weight is 277 g/mol. The lowest BCUT2D eigenvalue weighted by molar-refractivity contribution is 0.0759. The number of benzene rings is 1. The van der Waals surface area contributed by atoms with E-state index in [1.165, 1.54) is 25.3 Å². The summed E-state index contributed by atoms with van der Waals surface area (Å²) >= 11 is 0. The third kappa shape index (κ3) is 3.59. The number of halogens is 1. The number of aryl methyl sites for hydroxylation is 1. The summed E-state index contributed by atoms with van der Waals surface area (Å²) in [7, 11) is 0. The van der Waals surface area contributed by atoms with E-state index < -0.39 is 0 Å². The standard InChI is InChI=1S/C17H24FNO/c1-3-5-14-6-4-10-19(11-9-14)17(20)15-7-8-16(18)13(2)12-15/h7-8,12,14H,3-6,9-11H2,1-2H3. The SMILES string of the molecule is CCCC1CCCN(C(=O)c2ccc(F)c(C)c2)CC1. The minimum Gasteiger partial charge on any atom is -0.339 e. The van der Waals surface area contributed by atoms with Crippen molar-refractivity contribution in [3.63, 3.8) is 0 Å². The Morgan fingerprint density at radius 2 is 2.15 bits per heavy atom. The fraction of sp³-hybridized carbons (Fsp3) is 0.588. The van der Waals surface area contributed by atoms with Gasteiger partial charge in [0.1, 0.15) is 5.82 Å². The van der Waals surface area contributed by atoms with Crippen LogP contribution in [0.15, 0.2) is 18.2 Å². The van der Waals surface area contributed by atoms with Crippen molar-refractivity contribution >= 4 is 5.91 Å². The van der Waals surface area contributed by atoms with Crippen LogP contribution in [0.5, 0.6) is 0 Å². The second-order valence-electron chi connectivity index (χ2n) is 5.84. The molecule has 0 aromatic heterocycles. The summed E-state index contributed by atoms with van der Waals surface area (Å²) < 4.78 is 13.3. The van der Waals surface area contributed by atoms with E-state index in [-0.39, 0.29) is 11.7 Å². The lowest BCUT2D eigenvalue weighted by Crippen LogP contribution is -2.32. The van der Waals surface area contributed by atoms with Gasteiger partial charge in [-0.25, -0.2) is 4.39 Å². The number of rotatable bonds is 3. The van der Waals surface area contributed by atoms with Gasteiger partial charge in [-0.05, 0) is 55.9 Å². The lowest BCUT2D eigenvalue weighted by atomic mass is 9.96. The maximum absolute atomic E-state index is 13.3. The minimum atomic E-state index is -0.250. The van der Waals surface area contributed by atoms with Crippen molar-refractivity contribution in [2.75, 3.05) is 13.1 Å². The van der Waals surface area contributed by atoms with Crippen LogP contribution in [-0.2, 0) is 0 Å². The monoisotopic (exact) mass is 277 g/mol. The van der Waals surface area contributed by atoms with Gasteiger partial charge < -0.3 is 4.90 Å². The van der Waals surface area contributed by atoms with Gasteiger partial charge in [0, 0.05) is 18.7 Å². The minimum absolute atomic E-state index is 0.0465. The summed E-state index contributed by atoms with van der Waals surface area (Å²) in [5.74, 6) is 0.554. The van der Waals surface area contributed by atoms with Crippen molar-refractivity contribution in [2.24, 2.45) is 5.92 Å². The highest BCUT2D eigenvalue weighted by molar-refractivity contribution is 5.94. The molecule has 1 saturated heterocycles. The molecule has 1 aliphatic rings. The predicted molar refractivity (Wildman–Crippen MR) is 79.3 cm³/mol. The molecule has 0 saturated carbocycles. The van der Waals surface area contributed by atoms with Crippen LogP contribution in [0.3, 0.4) is 0 Å². The van der Waals surface area contributed by atoms with Crippen LogP contribution in [0, 0.1) is 18.7 Å². The molecule has 2 nitrogen and oxygen atoms in total. The number of amides is 1. The van der Waals surface area contributed by atoms with Crippen molar-refractivity contribution in [2.45, 2.75) is 46.0 Å². The highest BCUT2D eigenvalue weighted by atomic mass is 19.1. The maximum atomic E-state index is 13.3. The fourth-order valence-corrected chi connectivity index (χ4v) is 3.03. The first-order valence-corrected chi connectivity index (χ1v) is 7.67. The van der Waals surface area contributed by atoms with E-state index in [0.29, 0.717) is 11.1 Å². The molecule has 1 fully saturated rings. The van der Waals surface area contributed by atoms with E-state index in [4.69, 9.17) is 0 Å². The second kappa shape index (κ2) is 6.87. The molecule has 1 unspecified atom stereocenters. The van der Waals surface area contributed by atoms with Gasteiger partial charge in [-0.15, -0.1) is 0 Å². The highest BCUT2D eigenvalue weighted by Gasteiger charge is 2.21. The number of likely N-dealkylation sites (tertiary alicyclic amines) is 1. The van der Waals surface area contributed by atoms with Crippen LogP contribution in [0.4, 0.5) is 4.39 Å². The van der Waals surface area contributed by atoms with Crippen molar-refractivity contribution in [3.8, 4) is 0 Å². The molecule has 1 aromatic carbocycles. The number of carbonyl (C=O) groups excluding carboxylic acids is 1. The van der Waals surface area contributed by atoms with Gasteiger partial charge in [0.2, 0.25) is 0 Å². The molecule has 0 N–H and O–H groups in total. The van der Waals surface area contributed by atoms with Gasteiger partial charge in [0.25, 0.3) is 5.91 Å². The molecule has 20 heavy (non-hydrogen) atoms. The molecule has 0 radical (unpaired) electrons. The summed E-state index contributed by atoms with van der Waals surface area (Å²) in [5.41, 5.74) is 1.15. The molecular weight excluding hydrogens is 253 g/mol. The van der Waals surface area contributed by atoms with Crippen LogP contribution in [-0.4, -0.2) is 23.9 Å². The van der Waals surface area contributed by atoms with E-state index in [1.807, 2.05) is 4.90 Å². The fourth-order valence-electron chi connectivity index (χ4n) is 3.03. The van der Waals surface area contributed by atoms with Gasteiger partial charge >= 0.3 is 0 Å². The molecule has 3 heteroatoms. The molecule has 1 aliphatic heterocycles. The Labute approximate surface area is 121 Å². The first-order chi connectivity index (χ1) is 9.61. The molecule has 1 aromatic rings. The van der Waals surface area contributed by atoms with E-state index >= 15 is 0 Å². The molecule has 1 amide bonds. The van der Waals surface area contributed by atoms with Crippen molar-refractivity contribution in [1.29, 1.82) is 0 Å². The molecule has 0 spiro atoms. The summed E-state index contributed by atoms with van der Waals surface area (Å²) in [6.07, 6.45) is 5.88. The average Bonchev–Trinajstić information content (AvgIpc) is 2.67. The number of hydrogen-bond donors (Lipinski definition) is 0. The Morgan fingerprint density at radius 1 is 1.35 bits per heavy atom. The normalized spacial score (nSPS) is 19.8. The van der Waals surface area contributed by atoms with Gasteiger partial charge in [-0.2, -0.15) is 0 Å². The first-order valence-electron chi connectivity index (χ1n) is 7.67. The van der Waals surface area contributed by atoms with E-state index in [1.54, 1.807) is 19.1 Å². The molecule has 1 atom stereocenters. The number of nitrogens with zero attached hydrogens (tertiary/aromatic N) is 1. The summed E-state index contributed by atoms with van der Waals surface area (Å²) in [6, 6.07) is 4.64. The molecule has 0 bridgehead atoms. The van der Waals surface area contributed by atoms with Crippen LogP contribution in [0.2, 0.25) is 0 Å². The van der Waals surface area contributed by atoms with Gasteiger partial charge in [0.15, 0.2) is 0 Å². The Kier molecular flexibility index (Phi) is 5.16. The largest absolute Gasteiger partial charge is 0.339 e. The second-order valence-corrected chi connectivity index (χ2v) is 5.84. The zero-order valence-corrected chi connectivity index (χ0v) is 12.5. The van der Waals surface area contributed by atoms with E-state index in [2.05, 4.69) is 6.92 Å². The smallest absolute Gasteiger partial charge is 0.253 e. The third-order valence-corrected chi connectivity index (χ3v) is 4.24. The molecule has 0 aliphatic carbocycles. The van der Waals surface area contributed by atoms with Crippen LogP contribution in [0.1, 0.15) is 54.9 Å². The summed E-state index contributed by atoms with van der Waals surface area (Å²) in [5, 5.41) is 0. The van der Waals surface area contributed by atoms with Crippen molar-refractivity contribution in [3.05, 3.63) is 35.1 Å².